The summed E-state index contributed by atoms with van der Waals surface area (Å²) in [6.07, 6.45) is 0.876. The van der Waals surface area contributed by atoms with Crippen LogP contribution >= 0.6 is 11.3 Å². The van der Waals surface area contributed by atoms with Crippen LogP contribution in [0.2, 0.25) is 0 Å². The van der Waals surface area contributed by atoms with Gasteiger partial charge in [0.15, 0.2) is 11.7 Å². The lowest BCUT2D eigenvalue weighted by Gasteiger charge is -2.23. The van der Waals surface area contributed by atoms with Gasteiger partial charge in [0.05, 0.1) is 22.6 Å². The van der Waals surface area contributed by atoms with Gasteiger partial charge in [-0.1, -0.05) is 146 Å². The lowest BCUT2D eigenvalue weighted by molar-refractivity contribution is 0.702. The molecule has 0 amide bonds. The van der Waals surface area contributed by atoms with Gasteiger partial charge in [-0.3, -0.25) is 4.99 Å². The van der Waals surface area contributed by atoms with Crippen LogP contribution in [-0.4, -0.2) is 21.5 Å². The highest BCUT2D eigenvalue weighted by molar-refractivity contribution is 7.25. The number of fused-ring (bicyclic) bond motifs is 4. The summed E-state index contributed by atoms with van der Waals surface area (Å²) in [6.45, 7) is 2.16. The second-order valence-corrected chi connectivity index (χ2v) is 16.1. The minimum atomic E-state index is -0.479. The first-order chi connectivity index (χ1) is 28.1. The van der Waals surface area contributed by atoms with Crippen molar-refractivity contribution in [3.05, 3.63) is 204 Å². The van der Waals surface area contributed by atoms with Crippen molar-refractivity contribution in [2.24, 2.45) is 15.9 Å². The van der Waals surface area contributed by atoms with Crippen LogP contribution in [0.25, 0.3) is 65.2 Å². The molecule has 2 atom stereocenters. The fourth-order valence-corrected chi connectivity index (χ4v) is 9.64. The molecule has 2 aliphatic rings. The number of hydrogen-bond acceptors (Lipinski definition) is 5. The molecule has 1 saturated carbocycles. The van der Waals surface area contributed by atoms with Crippen molar-refractivity contribution < 1.29 is 0 Å². The Morgan fingerprint density at radius 1 is 0.491 bits per heavy atom. The van der Waals surface area contributed by atoms with E-state index in [4.69, 9.17) is 20.0 Å². The minimum absolute atomic E-state index is 0.144. The average Bonchev–Trinajstić information content (AvgIpc) is 3.93. The molecule has 0 spiro atoms. The number of amidine groups is 1. The van der Waals surface area contributed by atoms with Gasteiger partial charge in [0, 0.05) is 53.9 Å². The highest BCUT2D eigenvalue weighted by Crippen LogP contribution is 2.60. The van der Waals surface area contributed by atoms with Crippen LogP contribution in [0.4, 0.5) is 0 Å². The molecular weight excluding hydrogens is 713 g/mol. The number of nitrogens with zero attached hydrogens (tertiary/aromatic N) is 4. The highest BCUT2D eigenvalue weighted by atomic mass is 32.1. The molecule has 270 valence electrons. The Kier molecular flexibility index (Phi) is 7.90. The minimum Gasteiger partial charge on any atom is -0.254 e. The molecule has 1 aliphatic heterocycles. The monoisotopic (exact) mass is 748 g/mol. The molecule has 0 bridgehead atoms. The molecule has 5 heteroatoms. The number of hydrogen-bond donors (Lipinski definition) is 0. The SMILES string of the molecule is Cc1c(-c2ccccc2)nc(-c2ccccc2)nc1-c1cc(-c2ccc3sc4ccccc4c3c2)cc(C23CC2C(c2ccccc2)=NC(c2ccccc2)=N3)c1. The summed E-state index contributed by atoms with van der Waals surface area (Å²) in [5.41, 5.74) is 12.2. The van der Waals surface area contributed by atoms with Gasteiger partial charge in [0.1, 0.15) is 0 Å². The van der Waals surface area contributed by atoms with Gasteiger partial charge in [-0.15, -0.1) is 11.3 Å². The van der Waals surface area contributed by atoms with Gasteiger partial charge in [-0.2, -0.15) is 0 Å². The molecule has 0 saturated heterocycles. The van der Waals surface area contributed by atoms with E-state index in [9.17, 15) is 0 Å². The van der Waals surface area contributed by atoms with Crippen LogP contribution in [0.3, 0.4) is 0 Å². The van der Waals surface area contributed by atoms with Crippen molar-refractivity contribution in [1.29, 1.82) is 0 Å². The molecule has 3 heterocycles. The van der Waals surface area contributed by atoms with Crippen LogP contribution in [0.5, 0.6) is 0 Å². The molecular formula is C52H36N4S. The third-order valence-corrected chi connectivity index (χ3v) is 12.7. The van der Waals surface area contributed by atoms with Crippen molar-refractivity contribution in [2.45, 2.75) is 18.9 Å². The van der Waals surface area contributed by atoms with Crippen LogP contribution in [0, 0.1) is 12.8 Å². The quantitative estimate of drug-likeness (QED) is 0.163. The largest absolute Gasteiger partial charge is 0.254 e. The molecule has 0 N–H and O–H groups in total. The third-order valence-electron chi connectivity index (χ3n) is 11.5. The van der Waals surface area contributed by atoms with Gasteiger partial charge in [0.25, 0.3) is 0 Å². The molecule has 9 aromatic rings. The van der Waals surface area contributed by atoms with Crippen molar-refractivity contribution in [3.63, 3.8) is 0 Å². The van der Waals surface area contributed by atoms with Crippen LogP contribution < -0.4 is 0 Å². The maximum atomic E-state index is 5.61. The van der Waals surface area contributed by atoms with Crippen molar-refractivity contribution in [2.75, 3.05) is 0 Å². The highest BCUT2D eigenvalue weighted by Gasteiger charge is 2.60. The second kappa shape index (κ2) is 13.4. The normalized spacial score (nSPS) is 17.2. The van der Waals surface area contributed by atoms with E-state index in [1.165, 1.54) is 31.3 Å². The van der Waals surface area contributed by atoms with Crippen molar-refractivity contribution in [1.82, 2.24) is 9.97 Å². The summed E-state index contributed by atoms with van der Waals surface area (Å²) in [6, 6.07) is 64.5. The maximum absolute atomic E-state index is 5.61. The number of rotatable bonds is 7. The Balaban J connectivity index is 1.16. The lowest BCUT2D eigenvalue weighted by Crippen LogP contribution is -2.23. The van der Waals surface area contributed by atoms with Gasteiger partial charge in [-0.05, 0) is 72.0 Å². The molecule has 57 heavy (non-hydrogen) atoms. The van der Waals surface area contributed by atoms with E-state index in [-0.39, 0.29) is 5.92 Å². The molecule has 7 aromatic carbocycles. The Morgan fingerprint density at radius 2 is 1.07 bits per heavy atom. The molecule has 0 radical (unpaired) electrons. The Labute approximate surface area is 335 Å². The zero-order chi connectivity index (χ0) is 37.9. The summed E-state index contributed by atoms with van der Waals surface area (Å²) in [5.74, 6) is 1.62. The molecule has 2 aromatic heterocycles. The standard InChI is InChI=1S/C52H36N4S/c1-33-47(34-16-6-2-7-17-34)53-50(36-20-10-4-11-21-36)54-48(33)40-28-39(38-26-27-46-43(31-38)42-24-14-15-25-45(42)57-46)29-41(30-40)52-32-44(52)49(35-18-8-3-9-19-35)55-51(56-52)37-22-12-5-13-23-37/h2-31,44H,32H2,1H3. The number of aliphatic imine (C=N–C) groups is 2. The smallest absolute Gasteiger partial charge is 0.160 e. The summed E-state index contributed by atoms with van der Waals surface area (Å²) in [7, 11) is 0. The fraction of sp³-hybridized carbons (Fsp3) is 0.0769. The van der Waals surface area contributed by atoms with E-state index in [1.807, 2.05) is 35.6 Å². The van der Waals surface area contributed by atoms with E-state index < -0.39 is 5.54 Å². The first-order valence-corrected chi connectivity index (χ1v) is 20.3. The number of benzene rings is 7. The molecule has 4 nitrogen and oxygen atoms in total. The zero-order valence-corrected chi connectivity index (χ0v) is 32.1. The lowest BCUT2D eigenvalue weighted by atomic mass is 9.89. The topological polar surface area (TPSA) is 50.5 Å². The first kappa shape index (κ1) is 33.5. The predicted octanol–water partition coefficient (Wildman–Crippen LogP) is 13.0. The van der Waals surface area contributed by atoms with Crippen LogP contribution in [0.15, 0.2) is 192 Å². The average molecular weight is 749 g/mol. The predicted molar refractivity (Wildman–Crippen MR) is 237 cm³/mol. The first-order valence-electron chi connectivity index (χ1n) is 19.5. The van der Waals surface area contributed by atoms with E-state index in [0.29, 0.717) is 5.82 Å². The zero-order valence-electron chi connectivity index (χ0n) is 31.3. The fourth-order valence-electron chi connectivity index (χ4n) is 8.56. The van der Waals surface area contributed by atoms with E-state index in [0.717, 1.165) is 68.3 Å². The van der Waals surface area contributed by atoms with E-state index >= 15 is 0 Å². The van der Waals surface area contributed by atoms with Gasteiger partial charge >= 0.3 is 0 Å². The van der Waals surface area contributed by atoms with Gasteiger partial charge in [-0.25, -0.2) is 15.0 Å². The number of thiophene rings is 1. The number of aromatic nitrogens is 2. The summed E-state index contributed by atoms with van der Waals surface area (Å²) in [5, 5.41) is 2.57. The molecule has 1 fully saturated rings. The Bertz CT molecular complexity index is 3040. The maximum Gasteiger partial charge on any atom is 0.160 e. The van der Waals surface area contributed by atoms with Crippen LogP contribution in [-0.2, 0) is 5.54 Å². The molecule has 11 rings (SSSR count). The van der Waals surface area contributed by atoms with Crippen LogP contribution in [0.1, 0.15) is 28.7 Å². The van der Waals surface area contributed by atoms with Crippen molar-refractivity contribution in [3.8, 4) is 45.0 Å². The van der Waals surface area contributed by atoms with E-state index in [1.54, 1.807) is 0 Å². The third kappa shape index (κ3) is 5.82. The molecule has 2 unspecified atom stereocenters. The summed E-state index contributed by atoms with van der Waals surface area (Å²) in [4.78, 5) is 21.5. The molecule has 1 aliphatic carbocycles. The van der Waals surface area contributed by atoms with Crippen molar-refractivity contribution >= 4 is 43.1 Å². The van der Waals surface area contributed by atoms with E-state index in [2.05, 4.69) is 165 Å². The second-order valence-electron chi connectivity index (χ2n) is 15.1. The van der Waals surface area contributed by atoms with Gasteiger partial charge in [0.2, 0.25) is 0 Å². The Morgan fingerprint density at radius 3 is 1.79 bits per heavy atom. The van der Waals surface area contributed by atoms with Gasteiger partial charge < -0.3 is 0 Å². The summed E-state index contributed by atoms with van der Waals surface area (Å²) < 4.78 is 2.59. The summed E-state index contributed by atoms with van der Waals surface area (Å²) >= 11 is 1.85. The Hall–Kier alpha value is -6.82.